The van der Waals surface area contributed by atoms with E-state index < -0.39 is 16.0 Å². The lowest BCUT2D eigenvalue weighted by atomic mass is 10.1. The molecule has 0 bridgehead atoms. The lowest BCUT2D eigenvalue weighted by molar-refractivity contribution is -0.142. The van der Waals surface area contributed by atoms with Gasteiger partial charge in [-0.3, -0.25) is 4.79 Å². The van der Waals surface area contributed by atoms with Crippen LogP contribution in [0.25, 0.3) is 0 Å². The number of aryl methyl sites for hydroxylation is 2. The first-order valence-electron chi connectivity index (χ1n) is 8.07. The topological polar surface area (TPSA) is 72.9 Å². The summed E-state index contributed by atoms with van der Waals surface area (Å²) < 4.78 is 38.2. The molecule has 0 saturated carbocycles. The molecule has 134 valence electrons. The molecule has 1 aliphatic rings. The van der Waals surface area contributed by atoms with E-state index in [1.165, 1.54) is 11.2 Å². The largest absolute Gasteiger partial charge is 0.497 e. The molecule has 1 aromatic rings. The number of sulfonamides is 1. The number of hydrogen-bond acceptors (Lipinski definition) is 5. The molecule has 0 radical (unpaired) electrons. The summed E-state index contributed by atoms with van der Waals surface area (Å²) in [5.41, 5.74) is 1.31. The van der Waals surface area contributed by atoms with Crippen LogP contribution in [0.3, 0.4) is 0 Å². The highest BCUT2D eigenvalue weighted by Crippen LogP contribution is 2.31. The van der Waals surface area contributed by atoms with Gasteiger partial charge in [0.1, 0.15) is 12.4 Å². The Balaban J connectivity index is 2.39. The highest BCUT2D eigenvalue weighted by atomic mass is 32.2. The Hall–Kier alpha value is -1.60. The van der Waals surface area contributed by atoms with Gasteiger partial charge >= 0.3 is 5.97 Å². The predicted octanol–water partition coefficient (Wildman–Crippen LogP) is 2.42. The van der Waals surface area contributed by atoms with E-state index in [9.17, 15) is 13.2 Å². The van der Waals surface area contributed by atoms with Crippen molar-refractivity contribution in [1.29, 1.82) is 0 Å². The van der Waals surface area contributed by atoms with E-state index in [4.69, 9.17) is 9.47 Å². The lowest BCUT2D eigenvalue weighted by Gasteiger charge is -2.35. The molecule has 1 aliphatic heterocycles. The van der Waals surface area contributed by atoms with Crippen molar-refractivity contribution in [3.63, 3.8) is 0 Å². The average Bonchev–Trinajstić information content (AvgIpc) is 2.52. The van der Waals surface area contributed by atoms with Crippen LogP contribution < -0.4 is 4.74 Å². The Morgan fingerprint density at radius 2 is 1.88 bits per heavy atom. The van der Waals surface area contributed by atoms with Crippen molar-refractivity contribution in [1.82, 2.24) is 4.31 Å². The summed E-state index contributed by atoms with van der Waals surface area (Å²) in [7, 11) is -2.10. The number of ether oxygens (including phenoxy) is 2. The van der Waals surface area contributed by atoms with E-state index in [1.807, 2.05) is 0 Å². The standard InChI is InChI=1S/C17H25NO5S/c1-12-9-16(22-4)10-13(2)17(12)24(20,21)18-8-6-5-7-15(18)11-23-14(3)19/h9-10,15H,5-8,11H2,1-4H3. The van der Waals surface area contributed by atoms with Gasteiger partial charge in [-0.05, 0) is 49.9 Å². The van der Waals surface area contributed by atoms with Crippen LogP contribution in [0.1, 0.15) is 37.3 Å². The molecular weight excluding hydrogens is 330 g/mol. The number of esters is 1. The fraction of sp³-hybridized carbons (Fsp3) is 0.588. The first-order valence-corrected chi connectivity index (χ1v) is 9.52. The lowest BCUT2D eigenvalue weighted by Crippen LogP contribution is -2.46. The Labute approximate surface area is 143 Å². The minimum Gasteiger partial charge on any atom is -0.497 e. The van der Waals surface area contributed by atoms with Crippen LogP contribution in [0.15, 0.2) is 17.0 Å². The first-order chi connectivity index (χ1) is 11.3. The molecule has 7 heteroatoms. The maximum absolute atomic E-state index is 13.2. The highest BCUT2D eigenvalue weighted by molar-refractivity contribution is 7.89. The van der Waals surface area contributed by atoms with Crippen LogP contribution in [0.2, 0.25) is 0 Å². The number of piperidine rings is 1. The van der Waals surface area contributed by atoms with Gasteiger partial charge < -0.3 is 9.47 Å². The third-order valence-electron chi connectivity index (χ3n) is 4.29. The number of carbonyl (C=O) groups is 1. The van der Waals surface area contributed by atoms with Gasteiger partial charge in [0.25, 0.3) is 0 Å². The minimum atomic E-state index is -3.66. The van der Waals surface area contributed by atoms with Crippen molar-refractivity contribution in [3.8, 4) is 5.75 Å². The quantitative estimate of drug-likeness (QED) is 0.759. The van der Waals surface area contributed by atoms with Crippen LogP contribution in [-0.2, 0) is 19.6 Å². The molecule has 1 aromatic carbocycles. The van der Waals surface area contributed by atoms with Gasteiger partial charge in [0.2, 0.25) is 10.0 Å². The van der Waals surface area contributed by atoms with Gasteiger partial charge in [-0.2, -0.15) is 4.31 Å². The molecule has 1 unspecified atom stereocenters. The van der Waals surface area contributed by atoms with Gasteiger partial charge in [-0.15, -0.1) is 0 Å². The second-order valence-electron chi connectivity index (χ2n) is 6.16. The van der Waals surface area contributed by atoms with Crippen LogP contribution in [0.5, 0.6) is 5.75 Å². The van der Waals surface area contributed by atoms with Crippen molar-refractivity contribution in [3.05, 3.63) is 23.3 Å². The van der Waals surface area contributed by atoms with Gasteiger partial charge in [-0.25, -0.2) is 8.42 Å². The van der Waals surface area contributed by atoms with Crippen molar-refractivity contribution in [2.45, 2.75) is 51.0 Å². The Bertz CT molecular complexity index is 691. The zero-order chi connectivity index (χ0) is 17.9. The minimum absolute atomic E-state index is 0.100. The van der Waals surface area contributed by atoms with E-state index in [-0.39, 0.29) is 12.6 Å². The molecule has 6 nitrogen and oxygen atoms in total. The highest BCUT2D eigenvalue weighted by Gasteiger charge is 2.35. The number of benzene rings is 1. The maximum atomic E-state index is 13.2. The monoisotopic (exact) mass is 355 g/mol. The van der Waals surface area contributed by atoms with Crippen molar-refractivity contribution < 1.29 is 22.7 Å². The molecule has 1 saturated heterocycles. The number of methoxy groups -OCH3 is 1. The summed E-state index contributed by atoms with van der Waals surface area (Å²) >= 11 is 0. The SMILES string of the molecule is COc1cc(C)c(S(=O)(=O)N2CCCCC2COC(C)=O)c(C)c1. The summed E-state index contributed by atoms with van der Waals surface area (Å²) in [6.45, 7) is 5.42. The van der Waals surface area contributed by atoms with Crippen LogP contribution >= 0.6 is 0 Å². The molecule has 0 amide bonds. The van der Waals surface area contributed by atoms with Gasteiger partial charge in [0.15, 0.2) is 0 Å². The van der Waals surface area contributed by atoms with Gasteiger partial charge in [-0.1, -0.05) is 6.42 Å². The normalized spacial score (nSPS) is 19.1. The first kappa shape index (κ1) is 18.7. The smallest absolute Gasteiger partial charge is 0.302 e. The number of rotatable bonds is 5. The fourth-order valence-electron chi connectivity index (χ4n) is 3.22. The van der Waals surface area contributed by atoms with Crippen molar-refractivity contribution in [2.24, 2.45) is 0 Å². The zero-order valence-corrected chi connectivity index (χ0v) is 15.5. The molecular formula is C17H25NO5S. The van der Waals surface area contributed by atoms with Gasteiger partial charge in [0, 0.05) is 13.5 Å². The molecule has 0 N–H and O–H groups in total. The second-order valence-corrected chi connectivity index (χ2v) is 7.99. The Morgan fingerprint density at radius 1 is 1.25 bits per heavy atom. The summed E-state index contributed by atoms with van der Waals surface area (Å²) in [4.78, 5) is 11.4. The van der Waals surface area contributed by atoms with Crippen LogP contribution in [-0.4, -0.2) is 45.0 Å². The number of nitrogens with zero attached hydrogens (tertiary/aromatic N) is 1. The van der Waals surface area contributed by atoms with Crippen molar-refractivity contribution in [2.75, 3.05) is 20.3 Å². The van der Waals surface area contributed by atoms with E-state index in [0.717, 1.165) is 12.8 Å². The molecule has 1 fully saturated rings. The number of hydrogen-bond donors (Lipinski definition) is 0. The predicted molar refractivity (Wildman–Crippen MR) is 90.6 cm³/mol. The second kappa shape index (κ2) is 7.53. The van der Waals surface area contributed by atoms with Gasteiger partial charge in [0.05, 0.1) is 18.0 Å². The van der Waals surface area contributed by atoms with E-state index in [0.29, 0.717) is 34.7 Å². The Kier molecular flexibility index (Phi) is 5.87. The molecule has 24 heavy (non-hydrogen) atoms. The molecule has 0 aliphatic carbocycles. The molecule has 2 rings (SSSR count). The molecule has 0 spiro atoms. The van der Waals surface area contributed by atoms with Crippen LogP contribution in [0.4, 0.5) is 0 Å². The summed E-state index contributed by atoms with van der Waals surface area (Å²) in [6, 6.07) is 3.14. The molecule has 1 atom stereocenters. The zero-order valence-electron chi connectivity index (χ0n) is 14.7. The van der Waals surface area contributed by atoms with E-state index in [1.54, 1.807) is 33.1 Å². The third kappa shape index (κ3) is 3.89. The van der Waals surface area contributed by atoms with E-state index in [2.05, 4.69) is 0 Å². The summed E-state index contributed by atoms with van der Waals surface area (Å²) in [6.07, 6.45) is 2.43. The van der Waals surface area contributed by atoms with Crippen LogP contribution in [0, 0.1) is 13.8 Å². The van der Waals surface area contributed by atoms with Crippen molar-refractivity contribution >= 4 is 16.0 Å². The third-order valence-corrected chi connectivity index (χ3v) is 6.55. The Morgan fingerprint density at radius 3 is 2.42 bits per heavy atom. The molecule has 1 heterocycles. The fourth-order valence-corrected chi connectivity index (χ4v) is 5.32. The maximum Gasteiger partial charge on any atom is 0.302 e. The average molecular weight is 355 g/mol. The number of carbonyl (C=O) groups excluding carboxylic acids is 1. The summed E-state index contributed by atoms with van der Waals surface area (Å²) in [5.74, 6) is 0.244. The van der Waals surface area contributed by atoms with E-state index >= 15 is 0 Å². The molecule has 0 aromatic heterocycles. The summed E-state index contributed by atoms with van der Waals surface area (Å²) in [5, 5.41) is 0.